The highest BCUT2D eigenvalue weighted by Gasteiger charge is 2.37. The normalized spacial score (nSPS) is 24.3. The Hall–Kier alpha value is -0.820. The zero-order valence-corrected chi connectivity index (χ0v) is 11.6. The highest BCUT2D eigenvalue weighted by Crippen LogP contribution is 2.51. The van der Waals surface area contributed by atoms with Gasteiger partial charge in [0.05, 0.1) is 0 Å². The molecular weight excluding hydrogens is 206 g/mol. The van der Waals surface area contributed by atoms with Crippen molar-refractivity contribution in [3.63, 3.8) is 0 Å². The Labute approximate surface area is 105 Å². The van der Waals surface area contributed by atoms with Crippen LogP contribution < -0.4 is 5.73 Å². The summed E-state index contributed by atoms with van der Waals surface area (Å²) in [4.78, 5) is 0. The van der Waals surface area contributed by atoms with Gasteiger partial charge in [-0.1, -0.05) is 37.1 Å². The van der Waals surface area contributed by atoms with Crippen LogP contribution in [0.15, 0.2) is 34.4 Å². The Morgan fingerprint density at radius 2 is 2.12 bits per heavy atom. The van der Waals surface area contributed by atoms with E-state index < -0.39 is 0 Å². The van der Waals surface area contributed by atoms with E-state index in [2.05, 4.69) is 39.8 Å². The molecule has 1 nitrogen and oxygen atoms in total. The molecule has 0 aromatic heterocycles. The minimum Gasteiger partial charge on any atom is -0.328 e. The van der Waals surface area contributed by atoms with Crippen LogP contribution >= 0.6 is 0 Å². The smallest absolute Gasteiger partial charge is 0.00791 e. The van der Waals surface area contributed by atoms with E-state index in [-0.39, 0.29) is 5.41 Å². The van der Waals surface area contributed by atoms with Crippen LogP contribution in [0, 0.1) is 5.41 Å². The lowest BCUT2D eigenvalue weighted by atomic mass is 9.76. The fourth-order valence-electron chi connectivity index (χ4n) is 3.35. The van der Waals surface area contributed by atoms with Crippen LogP contribution in [0.1, 0.15) is 53.4 Å². The van der Waals surface area contributed by atoms with Gasteiger partial charge in [-0.25, -0.2) is 0 Å². The molecule has 0 saturated heterocycles. The lowest BCUT2D eigenvalue weighted by Crippen LogP contribution is -2.19. The molecule has 94 valence electrons. The van der Waals surface area contributed by atoms with Gasteiger partial charge in [-0.3, -0.25) is 0 Å². The Morgan fingerprint density at radius 3 is 2.71 bits per heavy atom. The molecule has 2 rings (SSSR count). The van der Waals surface area contributed by atoms with Crippen molar-refractivity contribution in [2.45, 2.75) is 59.4 Å². The quantitative estimate of drug-likeness (QED) is 0.777. The Balaban J connectivity index is 2.29. The van der Waals surface area contributed by atoms with Gasteiger partial charge in [0.2, 0.25) is 0 Å². The summed E-state index contributed by atoms with van der Waals surface area (Å²) >= 11 is 0. The molecule has 0 saturated carbocycles. The van der Waals surface area contributed by atoms with Crippen LogP contribution in [0.5, 0.6) is 0 Å². The Kier molecular flexibility index (Phi) is 3.31. The highest BCUT2D eigenvalue weighted by atomic mass is 14.6. The molecule has 1 unspecified atom stereocenters. The molecule has 0 amide bonds. The summed E-state index contributed by atoms with van der Waals surface area (Å²) < 4.78 is 0. The first-order valence-electron chi connectivity index (χ1n) is 6.81. The molecule has 0 aliphatic heterocycles. The van der Waals surface area contributed by atoms with E-state index in [1.165, 1.54) is 24.0 Å². The molecule has 0 aromatic carbocycles. The average Bonchev–Trinajstić information content (AvgIpc) is 2.46. The van der Waals surface area contributed by atoms with Crippen molar-refractivity contribution >= 4 is 0 Å². The van der Waals surface area contributed by atoms with Crippen LogP contribution in [0.25, 0.3) is 0 Å². The molecule has 0 aromatic rings. The van der Waals surface area contributed by atoms with Gasteiger partial charge in [0.15, 0.2) is 0 Å². The summed E-state index contributed by atoms with van der Waals surface area (Å²) in [6.45, 7) is 9.16. The van der Waals surface area contributed by atoms with Crippen molar-refractivity contribution in [2.75, 3.05) is 0 Å². The van der Waals surface area contributed by atoms with Crippen LogP contribution in [0.2, 0.25) is 0 Å². The molecule has 0 bridgehead atoms. The maximum absolute atomic E-state index is 5.90. The second kappa shape index (κ2) is 4.45. The van der Waals surface area contributed by atoms with Gasteiger partial charge < -0.3 is 5.73 Å². The molecule has 0 heterocycles. The van der Waals surface area contributed by atoms with Gasteiger partial charge in [-0.15, -0.1) is 0 Å². The molecule has 1 heteroatoms. The van der Waals surface area contributed by atoms with Crippen molar-refractivity contribution in [3.8, 4) is 0 Å². The zero-order valence-electron chi connectivity index (χ0n) is 11.6. The average molecular weight is 231 g/mol. The van der Waals surface area contributed by atoms with Crippen molar-refractivity contribution in [1.29, 1.82) is 0 Å². The minimum atomic E-state index is 0.263. The summed E-state index contributed by atoms with van der Waals surface area (Å²) in [5.74, 6) is 0. The van der Waals surface area contributed by atoms with Gasteiger partial charge in [-0.2, -0.15) is 0 Å². The Morgan fingerprint density at radius 1 is 1.41 bits per heavy atom. The van der Waals surface area contributed by atoms with E-state index in [1.807, 2.05) is 0 Å². The molecule has 0 radical (unpaired) electrons. The number of nitrogens with two attached hydrogens (primary N) is 1. The van der Waals surface area contributed by atoms with E-state index >= 15 is 0 Å². The lowest BCUT2D eigenvalue weighted by Gasteiger charge is -2.29. The highest BCUT2D eigenvalue weighted by molar-refractivity contribution is 5.57. The molecule has 2 N–H and O–H groups in total. The zero-order chi connectivity index (χ0) is 12.6. The Bertz CT molecular complexity index is 405. The molecular formula is C16H25N. The first-order valence-corrected chi connectivity index (χ1v) is 6.81. The molecule has 1 atom stereocenters. The third kappa shape index (κ3) is 2.13. The minimum absolute atomic E-state index is 0.263. The second-order valence-corrected chi connectivity index (χ2v) is 6.08. The van der Waals surface area contributed by atoms with Gasteiger partial charge in [0, 0.05) is 11.5 Å². The molecule has 2 aliphatic rings. The van der Waals surface area contributed by atoms with Crippen LogP contribution in [-0.2, 0) is 0 Å². The topological polar surface area (TPSA) is 26.0 Å². The number of allylic oxidation sites excluding steroid dienone is 6. The van der Waals surface area contributed by atoms with Crippen molar-refractivity contribution in [3.05, 3.63) is 34.4 Å². The van der Waals surface area contributed by atoms with Gasteiger partial charge >= 0.3 is 0 Å². The van der Waals surface area contributed by atoms with Crippen molar-refractivity contribution in [1.82, 2.24) is 0 Å². The standard InChI is InChI=1S/C16H25N/c1-11(17)9-10-14-12(2)13-7-5-6-8-15(13)16(14,3)4/h5,7,11H,6,8-10,17H2,1-4H3. The monoisotopic (exact) mass is 231 g/mol. The maximum atomic E-state index is 5.90. The summed E-state index contributed by atoms with van der Waals surface area (Å²) in [6, 6.07) is 0.305. The molecule has 0 spiro atoms. The van der Waals surface area contributed by atoms with E-state index in [0.29, 0.717) is 6.04 Å². The molecule has 0 fully saturated rings. The van der Waals surface area contributed by atoms with Crippen molar-refractivity contribution in [2.24, 2.45) is 11.1 Å². The summed E-state index contributed by atoms with van der Waals surface area (Å²) in [5, 5.41) is 0. The van der Waals surface area contributed by atoms with E-state index in [0.717, 1.165) is 12.8 Å². The lowest BCUT2D eigenvalue weighted by molar-refractivity contribution is 0.488. The van der Waals surface area contributed by atoms with Gasteiger partial charge in [0.1, 0.15) is 0 Å². The number of hydrogen-bond acceptors (Lipinski definition) is 1. The first-order chi connectivity index (χ1) is 7.94. The fourth-order valence-corrected chi connectivity index (χ4v) is 3.35. The van der Waals surface area contributed by atoms with Gasteiger partial charge in [-0.05, 0) is 50.7 Å². The predicted molar refractivity (Wildman–Crippen MR) is 74.8 cm³/mol. The summed E-state index contributed by atoms with van der Waals surface area (Å²) in [6.07, 6.45) is 9.33. The fraction of sp³-hybridized carbons (Fsp3) is 0.625. The van der Waals surface area contributed by atoms with E-state index in [9.17, 15) is 0 Å². The largest absolute Gasteiger partial charge is 0.328 e. The predicted octanol–water partition coefficient (Wildman–Crippen LogP) is 4.12. The molecule has 17 heavy (non-hydrogen) atoms. The second-order valence-electron chi connectivity index (χ2n) is 6.08. The van der Waals surface area contributed by atoms with Crippen molar-refractivity contribution < 1.29 is 0 Å². The SMILES string of the molecule is CC1=C(CCC(C)N)C(C)(C)C2=C1C=CCC2. The first kappa shape index (κ1) is 12.6. The third-order valence-electron chi connectivity index (χ3n) is 4.39. The number of hydrogen-bond donors (Lipinski definition) is 1. The number of rotatable bonds is 3. The molecule has 2 aliphatic carbocycles. The van der Waals surface area contributed by atoms with Crippen LogP contribution in [0.3, 0.4) is 0 Å². The summed E-state index contributed by atoms with van der Waals surface area (Å²) in [5.41, 5.74) is 12.5. The maximum Gasteiger partial charge on any atom is 0.00791 e. The van der Waals surface area contributed by atoms with Gasteiger partial charge in [0.25, 0.3) is 0 Å². The van der Waals surface area contributed by atoms with Crippen LogP contribution in [-0.4, -0.2) is 6.04 Å². The van der Waals surface area contributed by atoms with Crippen LogP contribution in [0.4, 0.5) is 0 Å². The summed E-state index contributed by atoms with van der Waals surface area (Å²) in [7, 11) is 0. The third-order valence-corrected chi connectivity index (χ3v) is 4.39. The van der Waals surface area contributed by atoms with E-state index in [4.69, 9.17) is 5.73 Å². The van der Waals surface area contributed by atoms with E-state index in [1.54, 1.807) is 11.1 Å².